The van der Waals surface area contributed by atoms with E-state index in [1.165, 1.54) is 6.92 Å². The van der Waals surface area contributed by atoms with Crippen molar-refractivity contribution in [2.75, 3.05) is 0 Å². The van der Waals surface area contributed by atoms with Crippen LogP contribution >= 0.6 is 0 Å². The molecule has 0 heterocycles. The molecule has 3 heteroatoms. The molecule has 0 aliphatic carbocycles. The van der Waals surface area contributed by atoms with Crippen molar-refractivity contribution in [3.63, 3.8) is 0 Å². The Balaban J connectivity index is 0. The van der Waals surface area contributed by atoms with Gasteiger partial charge in [-0.25, -0.2) is 0 Å². The number of rotatable bonds is 2. The van der Waals surface area contributed by atoms with Crippen molar-refractivity contribution in [2.45, 2.75) is 33.4 Å². The van der Waals surface area contributed by atoms with E-state index in [1.54, 1.807) is 0 Å². The third-order valence-electron chi connectivity index (χ3n) is 1.06. The molecule has 0 amide bonds. The lowest BCUT2D eigenvalue weighted by Gasteiger charge is -2.07. The van der Waals surface area contributed by atoms with Crippen molar-refractivity contribution in [2.24, 2.45) is 0 Å². The fourth-order valence-corrected chi connectivity index (χ4v) is 0.555. The van der Waals surface area contributed by atoms with Gasteiger partial charge in [0.2, 0.25) is 0 Å². The molecule has 0 unspecified atom stereocenters. The van der Waals surface area contributed by atoms with E-state index in [0.717, 1.165) is 12.2 Å². The molecular weight excluding hydrogens is 165 g/mol. The van der Waals surface area contributed by atoms with E-state index in [0.29, 0.717) is 0 Å². The normalized spacial score (nSPS) is 11.7. The summed E-state index contributed by atoms with van der Waals surface area (Å²) in [6.45, 7) is 8.65. The molecule has 0 N–H and O–H groups in total. The third-order valence-corrected chi connectivity index (χ3v) is 1.06. The molecule has 0 saturated heterocycles. The van der Waals surface area contributed by atoms with Crippen molar-refractivity contribution < 1.29 is 13.2 Å². The summed E-state index contributed by atoms with van der Waals surface area (Å²) in [7, 11) is 0. The van der Waals surface area contributed by atoms with Gasteiger partial charge in [-0.3, -0.25) is 0 Å². The van der Waals surface area contributed by atoms with Crippen molar-refractivity contribution in [1.82, 2.24) is 0 Å². The largest absolute Gasteiger partial charge is 0.412 e. The van der Waals surface area contributed by atoms with Gasteiger partial charge in [-0.15, -0.1) is 0 Å². The Hall–Kier alpha value is -0.730. The second-order valence-corrected chi connectivity index (χ2v) is 1.78. The lowest BCUT2D eigenvalue weighted by molar-refractivity contribution is -0.0935. The Kier molecular flexibility index (Phi) is 8.01. The van der Waals surface area contributed by atoms with Crippen LogP contribution in [0.1, 0.15) is 27.2 Å². The summed E-state index contributed by atoms with van der Waals surface area (Å²) in [5.41, 5.74) is -0.539. The highest BCUT2D eigenvalue weighted by molar-refractivity contribution is 5.14. The highest BCUT2D eigenvalue weighted by Crippen LogP contribution is 2.27. The van der Waals surface area contributed by atoms with Crippen LogP contribution in [0.4, 0.5) is 13.2 Å². The molecule has 0 aromatic carbocycles. The molecule has 0 radical (unpaired) electrons. The van der Waals surface area contributed by atoms with E-state index in [1.807, 2.05) is 13.8 Å². The first kappa shape index (κ1) is 13.8. The van der Waals surface area contributed by atoms with Crippen LogP contribution in [0.15, 0.2) is 24.3 Å². The summed E-state index contributed by atoms with van der Waals surface area (Å²) >= 11 is 0. The summed E-state index contributed by atoms with van der Waals surface area (Å²) in [4.78, 5) is 0. The van der Waals surface area contributed by atoms with Gasteiger partial charge >= 0.3 is 6.18 Å². The van der Waals surface area contributed by atoms with Gasteiger partial charge in [0, 0.05) is 5.57 Å². The zero-order valence-corrected chi connectivity index (χ0v) is 7.70. The molecule has 12 heavy (non-hydrogen) atoms. The van der Waals surface area contributed by atoms with E-state index in [9.17, 15) is 13.2 Å². The summed E-state index contributed by atoms with van der Waals surface area (Å²) < 4.78 is 35.4. The van der Waals surface area contributed by atoms with Crippen molar-refractivity contribution in [3.05, 3.63) is 24.3 Å². The average Bonchev–Trinajstić information content (AvgIpc) is 2.02. The topological polar surface area (TPSA) is 0 Å². The average molecular weight is 180 g/mol. The predicted molar refractivity (Wildman–Crippen MR) is 46.0 cm³/mol. The van der Waals surface area contributed by atoms with Crippen LogP contribution < -0.4 is 0 Å². The summed E-state index contributed by atoms with van der Waals surface area (Å²) in [5.74, 6) is 0. The molecular formula is C9H15F3. The van der Waals surface area contributed by atoms with E-state index >= 15 is 0 Å². The monoisotopic (exact) mass is 180 g/mol. The fraction of sp³-hybridized carbons (Fsp3) is 0.556. The Bertz CT molecular complexity index is 142. The molecule has 0 fully saturated rings. The molecule has 0 aliphatic heterocycles. The maximum Gasteiger partial charge on any atom is 0.412 e. The smallest absolute Gasteiger partial charge is 0.166 e. The molecule has 0 aromatic rings. The molecule has 0 aliphatic rings. The fourth-order valence-electron chi connectivity index (χ4n) is 0.555. The maximum absolute atomic E-state index is 11.8. The Morgan fingerprint density at radius 3 is 1.83 bits per heavy atom. The Morgan fingerprint density at radius 1 is 1.33 bits per heavy atom. The first-order chi connectivity index (χ1) is 5.52. The SMILES string of the molecule is C=C/C=C(\CC)C(F)(F)F.CC. The van der Waals surface area contributed by atoms with Crippen LogP contribution in [0.5, 0.6) is 0 Å². The molecule has 0 atom stereocenters. The quantitative estimate of drug-likeness (QED) is 0.561. The second kappa shape index (κ2) is 6.95. The molecule has 72 valence electrons. The summed E-state index contributed by atoms with van der Waals surface area (Å²) in [6.07, 6.45) is -2.06. The molecule has 0 rings (SSSR count). The standard InChI is InChI=1S/C7H9F3.C2H6/c1-3-5-6(4-2)7(8,9)10;1-2/h3,5H,1,4H2,2H3;1-2H3/b6-5+;. The lowest BCUT2D eigenvalue weighted by atomic mass is 10.2. The van der Waals surface area contributed by atoms with Crippen LogP contribution in [-0.2, 0) is 0 Å². The number of hydrogen-bond acceptors (Lipinski definition) is 0. The van der Waals surface area contributed by atoms with Gasteiger partial charge in [0.25, 0.3) is 0 Å². The highest BCUT2D eigenvalue weighted by atomic mass is 19.4. The Morgan fingerprint density at radius 2 is 1.75 bits per heavy atom. The van der Waals surface area contributed by atoms with Crippen LogP contribution in [0.25, 0.3) is 0 Å². The first-order valence-electron chi connectivity index (χ1n) is 3.91. The predicted octanol–water partition coefficient (Wildman–Crippen LogP) is 4.10. The number of alkyl halides is 3. The highest BCUT2D eigenvalue weighted by Gasteiger charge is 2.31. The molecule has 0 bridgehead atoms. The molecule has 0 saturated carbocycles. The van der Waals surface area contributed by atoms with Gasteiger partial charge in [0.05, 0.1) is 0 Å². The van der Waals surface area contributed by atoms with Crippen LogP contribution in [0, 0.1) is 0 Å². The molecule has 0 spiro atoms. The van der Waals surface area contributed by atoms with Crippen LogP contribution in [0.2, 0.25) is 0 Å². The third kappa shape index (κ3) is 6.01. The van der Waals surface area contributed by atoms with Gasteiger partial charge < -0.3 is 0 Å². The van der Waals surface area contributed by atoms with E-state index in [2.05, 4.69) is 6.58 Å². The van der Waals surface area contributed by atoms with Gasteiger partial charge in [0.15, 0.2) is 0 Å². The zero-order valence-electron chi connectivity index (χ0n) is 7.70. The van der Waals surface area contributed by atoms with E-state index < -0.39 is 11.7 Å². The number of allylic oxidation sites excluding steroid dienone is 3. The minimum Gasteiger partial charge on any atom is -0.166 e. The number of halogens is 3. The number of hydrogen-bond donors (Lipinski definition) is 0. The molecule has 0 aromatic heterocycles. The summed E-state index contributed by atoms with van der Waals surface area (Å²) in [5, 5.41) is 0. The van der Waals surface area contributed by atoms with Crippen molar-refractivity contribution >= 4 is 0 Å². The molecule has 0 nitrogen and oxygen atoms in total. The van der Waals surface area contributed by atoms with Crippen molar-refractivity contribution in [3.8, 4) is 0 Å². The minimum absolute atomic E-state index is 0.00444. The maximum atomic E-state index is 11.8. The van der Waals surface area contributed by atoms with E-state index in [4.69, 9.17) is 0 Å². The Labute approximate surface area is 71.8 Å². The lowest BCUT2D eigenvalue weighted by Crippen LogP contribution is -2.10. The van der Waals surface area contributed by atoms with E-state index in [-0.39, 0.29) is 6.42 Å². The minimum atomic E-state index is -4.19. The van der Waals surface area contributed by atoms with Crippen LogP contribution in [-0.4, -0.2) is 6.18 Å². The van der Waals surface area contributed by atoms with Gasteiger partial charge in [-0.2, -0.15) is 13.2 Å². The summed E-state index contributed by atoms with van der Waals surface area (Å²) in [6, 6.07) is 0. The second-order valence-electron chi connectivity index (χ2n) is 1.78. The van der Waals surface area contributed by atoms with Gasteiger partial charge in [-0.1, -0.05) is 39.5 Å². The van der Waals surface area contributed by atoms with Crippen LogP contribution in [0.3, 0.4) is 0 Å². The zero-order chi connectivity index (χ0) is 10.2. The van der Waals surface area contributed by atoms with Crippen molar-refractivity contribution in [1.29, 1.82) is 0 Å². The van der Waals surface area contributed by atoms with Gasteiger partial charge in [0.1, 0.15) is 0 Å². The van der Waals surface area contributed by atoms with Gasteiger partial charge in [-0.05, 0) is 6.42 Å². The first-order valence-corrected chi connectivity index (χ1v) is 3.91.